The summed E-state index contributed by atoms with van der Waals surface area (Å²) in [5.41, 5.74) is -1.43. The average Bonchev–Trinajstić information content (AvgIpc) is 2.61. The minimum absolute atomic E-state index is 0.167. The summed E-state index contributed by atoms with van der Waals surface area (Å²) in [6, 6.07) is 3.44. The number of unbranched alkanes of at least 4 members (excludes halogenated alkanes) is 2. The largest absolute Gasteiger partial charge is 0.462 e. The zero-order valence-electron chi connectivity index (χ0n) is 16.2. The Morgan fingerprint density at radius 3 is 2.06 bits per heavy atom. The van der Waals surface area contributed by atoms with Crippen molar-refractivity contribution < 1.29 is 44.6 Å². The van der Waals surface area contributed by atoms with Crippen LogP contribution < -0.4 is 9.47 Å². The van der Waals surface area contributed by atoms with Gasteiger partial charge < -0.3 is 9.47 Å². The number of halogens is 8. The van der Waals surface area contributed by atoms with E-state index in [4.69, 9.17) is 0 Å². The minimum Gasteiger partial charge on any atom is -0.462 e. The topological polar surface area (TPSA) is 18.5 Å². The highest BCUT2D eigenvalue weighted by molar-refractivity contribution is 5.35. The number of benzene rings is 2. The average molecular weight is 454 g/mol. The van der Waals surface area contributed by atoms with Gasteiger partial charge in [0.1, 0.15) is 22.9 Å². The molecule has 2 rings (SSSR count). The Kier molecular flexibility index (Phi) is 7.91. The molecule has 0 aromatic heterocycles. The molecule has 0 aliphatic rings. The zero-order valence-corrected chi connectivity index (χ0v) is 16.2. The second-order valence-corrected chi connectivity index (χ2v) is 6.56. The molecule has 0 aliphatic carbocycles. The summed E-state index contributed by atoms with van der Waals surface area (Å²) in [5, 5.41) is 0. The molecule has 0 fully saturated rings. The summed E-state index contributed by atoms with van der Waals surface area (Å²) in [6.07, 6.45) is -6.70. The molecule has 0 heterocycles. The Hall–Kier alpha value is -2.78. The Labute approximate surface area is 173 Å². The molecular formula is C21H18F8O2. The van der Waals surface area contributed by atoms with Crippen molar-refractivity contribution in [2.75, 3.05) is 0 Å². The zero-order chi connectivity index (χ0) is 23.2. The highest BCUT2D eigenvalue weighted by Gasteiger charge is 2.41. The fourth-order valence-corrected chi connectivity index (χ4v) is 2.65. The molecule has 31 heavy (non-hydrogen) atoms. The molecular weight excluding hydrogens is 436 g/mol. The predicted octanol–water partition coefficient (Wildman–Crippen LogP) is 7.42. The Balaban J connectivity index is 2.18. The fraction of sp³-hybridized carbons (Fsp3) is 0.333. The first-order valence-electron chi connectivity index (χ1n) is 9.19. The molecule has 0 amide bonds. The number of hydrogen-bond donors (Lipinski definition) is 0. The molecule has 170 valence electrons. The van der Waals surface area contributed by atoms with Gasteiger partial charge in [-0.15, -0.1) is 0 Å². The lowest BCUT2D eigenvalue weighted by Crippen LogP contribution is -2.25. The van der Waals surface area contributed by atoms with Crippen LogP contribution in [0.5, 0.6) is 11.5 Å². The molecule has 0 bridgehead atoms. The van der Waals surface area contributed by atoms with Crippen LogP contribution in [0.1, 0.15) is 37.3 Å². The van der Waals surface area contributed by atoms with Gasteiger partial charge in [0.25, 0.3) is 0 Å². The number of ether oxygens (including phenoxy) is 2. The van der Waals surface area contributed by atoms with Crippen LogP contribution in [-0.4, -0.2) is 6.18 Å². The van der Waals surface area contributed by atoms with Crippen molar-refractivity contribution in [2.45, 2.75) is 44.9 Å². The molecule has 0 N–H and O–H groups in total. The van der Waals surface area contributed by atoms with Gasteiger partial charge in [-0.2, -0.15) is 22.0 Å². The third kappa shape index (κ3) is 7.15. The molecule has 2 aromatic rings. The third-order valence-electron chi connectivity index (χ3n) is 4.06. The molecule has 0 radical (unpaired) electrons. The lowest BCUT2D eigenvalue weighted by molar-refractivity contribution is -0.189. The highest BCUT2D eigenvalue weighted by atomic mass is 19.4. The van der Waals surface area contributed by atoms with Crippen molar-refractivity contribution in [1.82, 2.24) is 0 Å². The standard InChI is InChI=1S/C21H18F8O2/c1-2-3-4-5-13-10-16(23)19(17(24)11-13)21(28,29)31-14-6-7-18(15(22)12-14)30-9-8-20(25,26)27/h6-12H,2-5H2,1H3. The summed E-state index contributed by atoms with van der Waals surface area (Å²) in [7, 11) is 0. The normalized spacial score (nSPS) is 12.4. The van der Waals surface area contributed by atoms with E-state index in [2.05, 4.69) is 9.47 Å². The molecule has 0 saturated carbocycles. The van der Waals surface area contributed by atoms with Gasteiger partial charge in [0.15, 0.2) is 11.6 Å². The van der Waals surface area contributed by atoms with E-state index in [9.17, 15) is 35.1 Å². The molecule has 2 aromatic carbocycles. The van der Waals surface area contributed by atoms with Crippen molar-refractivity contribution in [3.05, 3.63) is 71.2 Å². The Morgan fingerprint density at radius 2 is 1.52 bits per heavy atom. The second kappa shape index (κ2) is 10.0. The number of allylic oxidation sites excluding steroid dienone is 1. The van der Waals surface area contributed by atoms with Crippen molar-refractivity contribution in [3.63, 3.8) is 0 Å². The van der Waals surface area contributed by atoms with E-state index in [1.165, 1.54) is 0 Å². The van der Waals surface area contributed by atoms with Crippen LogP contribution >= 0.6 is 0 Å². The highest BCUT2D eigenvalue weighted by Crippen LogP contribution is 2.36. The smallest absolute Gasteiger partial charge is 0.432 e. The van der Waals surface area contributed by atoms with Gasteiger partial charge in [0, 0.05) is 6.07 Å². The molecule has 0 unspecified atom stereocenters. The molecule has 2 nitrogen and oxygen atoms in total. The van der Waals surface area contributed by atoms with Gasteiger partial charge in [0.2, 0.25) is 0 Å². The van der Waals surface area contributed by atoms with Crippen LogP contribution in [0.15, 0.2) is 42.7 Å². The number of alkyl halides is 5. The van der Waals surface area contributed by atoms with Gasteiger partial charge in [-0.1, -0.05) is 19.8 Å². The van der Waals surface area contributed by atoms with Crippen LogP contribution in [0.3, 0.4) is 0 Å². The maximum absolute atomic E-state index is 14.4. The number of aryl methyl sites for hydroxylation is 1. The first-order valence-corrected chi connectivity index (χ1v) is 9.19. The first-order chi connectivity index (χ1) is 14.4. The van der Waals surface area contributed by atoms with Crippen LogP contribution in [-0.2, 0) is 12.5 Å². The van der Waals surface area contributed by atoms with E-state index in [0.717, 1.165) is 37.1 Å². The summed E-state index contributed by atoms with van der Waals surface area (Å²) in [4.78, 5) is 0. The van der Waals surface area contributed by atoms with Crippen LogP contribution in [0.25, 0.3) is 0 Å². The van der Waals surface area contributed by atoms with E-state index in [0.29, 0.717) is 18.9 Å². The fourth-order valence-electron chi connectivity index (χ4n) is 2.65. The van der Waals surface area contributed by atoms with E-state index >= 15 is 0 Å². The third-order valence-corrected chi connectivity index (χ3v) is 4.06. The van der Waals surface area contributed by atoms with Gasteiger partial charge >= 0.3 is 12.3 Å². The van der Waals surface area contributed by atoms with Gasteiger partial charge in [-0.25, -0.2) is 13.2 Å². The number of rotatable bonds is 9. The van der Waals surface area contributed by atoms with Crippen molar-refractivity contribution in [1.29, 1.82) is 0 Å². The lowest BCUT2D eigenvalue weighted by Gasteiger charge is -2.20. The summed E-state index contributed by atoms with van der Waals surface area (Å²) < 4.78 is 116. The summed E-state index contributed by atoms with van der Waals surface area (Å²) >= 11 is 0. The monoisotopic (exact) mass is 454 g/mol. The van der Waals surface area contributed by atoms with E-state index < -0.39 is 46.8 Å². The van der Waals surface area contributed by atoms with Crippen molar-refractivity contribution in [3.8, 4) is 11.5 Å². The van der Waals surface area contributed by atoms with E-state index in [-0.39, 0.29) is 17.9 Å². The van der Waals surface area contributed by atoms with Crippen LogP contribution in [0.4, 0.5) is 35.1 Å². The minimum atomic E-state index is -4.69. The molecule has 0 saturated heterocycles. The summed E-state index contributed by atoms with van der Waals surface area (Å²) in [5.74, 6) is -5.89. The van der Waals surface area contributed by atoms with Crippen molar-refractivity contribution >= 4 is 0 Å². The first kappa shape index (κ1) is 24.5. The molecule has 0 spiro atoms. The van der Waals surface area contributed by atoms with Crippen molar-refractivity contribution in [2.24, 2.45) is 0 Å². The Bertz CT molecular complexity index is 899. The Morgan fingerprint density at radius 1 is 0.871 bits per heavy atom. The van der Waals surface area contributed by atoms with Crippen LogP contribution in [0, 0.1) is 17.5 Å². The summed E-state index contributed by atoms with van der Waals surface area (Å²) in [6.45, 7) is 1.93. The molecule has 0 aliphatic heterocycles. The van der Waals surface area contributed by atoms with Gasteiger partial charge in [-0.3, -0.25) is 0 Å². The van der Waals surface area contributed by atoms with E-state index in [1.807, 2.05) is 6.92 Å². The van der Waals surface area contributed by atoms with Crippen LogP contribution in [0.2, 0.25) is 0 Å². The SMILES string of the molecule is CCCCCc1cc(F)c(C(F)(F)Oc2ccc(OC=CC(F)(F)F)c(F)c2)c(F)c1. The quantitative estimate of drug-likeness (QED) is 0.223. The van der Waals surface area contributed by atoms with Gasteiger partial charge in [-0.05, 0) is 42.7 Å². The maximum Gasteiger partial charge on any atom is 0.432 e. The second-order valence-electron chi connectivity index (χ2n) is 6.56. The predicted molar refractivity (Wildman–Crippen MR) is 96.3 cm³/mol. The maximum atomic E-state index is 14.4. The van der Waals surface area contributed by atoms with Gasteiger partial charge in [0.05, 0.1) is 12.3 Å². The number of hydrogen-bond acceptors (Lipinski definition) is 2. The molecule has 10 heteroatoms. The molecule has 0 atom stereocenters. The lowest BCUT2D eigenvalue weighted by atomic mass is 10.0. The van der Waals surface area contributed by atoms with E-state index in [1.54, 1.807) is 0 Å².